The molecule has 1 fully saturated rings. The number of nitrogens with one attached hydrogen (secondary N) is 2. The van der Waals surface area contributed by atoms with E-state index in [4.69, 9.17) is 0 Å². The molecule has 1 aliphatic rings. The summed E-state index contributed by atoms with van der Waals surface area (Å²) in [4.78, 5) is 20.7. The Kier molecular flexibility index (Phi) is 4.14. The number of hydrogen-bond acceptors (Lipinski definition) is 4. The molecule has 0 aromatic carbocycles. The maximum atomic E-state index is 12.0. The van der Waals surface area contributed by atoms with Crippen LogP contribution in [0.5, 0.6) is 0 Å². The lowest BCUT2D eigenvalue weighted by Gasteiger charge is -2.22. The van der Waals surface area contributed by atoms with Crippen LogP contribution in [0.15, 0.2) is 12.4 Å². The van der Waals surface area contributed by atoms with Gasteiger partial charge in [0, 0.05) is 12.0 Å². The predicted octanol–water partition coefficient (Wildman–Crippen LogP) is 1.71. The summed E-state index contributed by atoms with van der Waals surface area (Å²) in [5.41, 5.74) is 0.596. The number of rotatable bonds is 2. The van der Waals surface area contributed by atoms with Crippen LogP contribution in [0.3, 0.4) is 0 Å². The summed E-state index contributed by atoms with van der Waals surface area (Å²) in [7, 11) is 0. The minimum Gasteiger partial charge on any atom is -0.323 e. The summed E-state index contributed by atoms with van der Waals surface area (Å²) in [6, 6.07) is 0. The van der Waals surface area contributed by atoms with Gasteiger partial charge < -0.3 is 10.6 Å². The van der Waals surface area contributed by atoms with E-state index in [0.717, 1.165) is 31.8 Å². The summed E-state index contributed by atoms with van der Waals surface area (Å²) in [5, 5.41) is 6.12. The van der Waals surface area contributed by atoms with Gasteiger partial charge in [-0.1, -0.05) is 20.8 Å². The highest BCUT2D eigenvalue weighted by molar-refractivity contribution is 5.92. The molecular formula is C14H22N4O. The highest BCUT2D eigenvalue weighted by atomic mass is 16.1. The first kappa shape index (κ1) is 13.9. The highest BCUT2D eigenvalue weighted by Gasteiger charge is 2.21. The van der Waals surface area contributed by atoms with Crippen molar-refractivity contribution in [3.63, 3.8) is 0 Å². The van der Waals surface area contributed by atoms with E-state index in [1.165, 1.54) is 0 Å². The lowest BCUT2D eigenvalue weighted by Crippen LogP contribution is -2.37. The minimum atomic E-state index is -0.0736. The van der Waals surface area contributed by atoms with E-state index >= 15 is 0 Å². The van der Waals surface area contributed by atoms with Gasteiger partial charge in [-0.2, -0.15) is 0 Å². The van der Waals surface area contributed by atoms with Crippen molar-refractivity contribution in [2.24, 2.45) is 5.92 Å². The number of piperidine rings is 1. The Morgan fingerprint density at radius 3 is 2.58 bits per heavy atom. The van der Waals surface area contributed by atoms with Gasteiger partial charge in [0.05, 0.1) is 24.0 Å². The molecule has 2 N–H and O–H groups in total. The highest BCUT2D eigenvalue weighted by Crippen LogP contribution is 2.19. The second-order valence-electron chi connectivity index (χ2n) is 6.08. The summed E-state index contributed by atoms with van der Waals surface area (Å²) >= 11 is 0. The fourth-order valence-electron chi connectivity index (χ4n) is 2.10. The molecule has 0 saturated carbocycles. The largest absolute Gasteiger partial charge is 0.323 e. The smallest absolute Gasteiger partial charge is 0.228 e. The Balaban J connectivity index is 1.97. The van der Waals surface area contributed by atoms with Gasteiger partial charge in [0.15, 0.2) is 0 Å². The Bertz CT molecular complexity index is 430. The molecule has 1 unspecified atom stereocenters. The van der Waals surface area contributed by atoms with Crippen molar-refractivity contribution in [1.29, 1.82) is 0 Å². The van der Waals surface area contributed by atoms with E-state index in [2.05, 4.69) is 41.4 Å². The molecular weight excluding hydrogens is 240 g/mol. The van der Waals surface area contributed by atoms with Crippen LogP contribution in [0.25, 0.3) is 0 Å². The number of anilines is 1. The van der Waals surface area contributed by atoms with Gasteiger partial charge in [-0.15, -0.1) is 0 Å². The topological polar surface area (TPSA) is 66.9 Å². The third-order valence-electron chi connectivity index (χ3n) is 3.26. The zero-order valence-corrected chi connectivity index (χ0v) is 11.9. The maximum absolute atomic E-state index is 12.0. The first-order valence-corrected chi connectivity index (χ1v) is 6.81. The third-order valence-corrected chi connectivity index (χ3v) is 3.26. The molecule has 2 heterocycles. The van der Waals surface area contributed by atoms with Gasteiger partial charge in [0.1, 0.15) is 5.82 Å². The quantitative estimate of drug-likeness (QED) is 0.851. The van der Waals surface area contributed by atoms with Crippen LogP contribution < -0.4 is 10.6 Å². The Morgan fingerprint density at radius 1 is 1.37 bits per heavy atom. The monoisotopic (exact) mass is 262 g/mol. The van der Waals surface area contributed by atoms with Gasteiger partial charge in [-0.3, -0.25) is 4.79 Å². The van der Waals surface area contributed by atoms with Crippen LogP contribution in [0.1, 0.15) is 39.4 Å². The number of nitrogens with zero attached hydrogens (tertiary/aromatic N) is 2. The summed E-state index contributed by atoms with van der Waals surface area (Å²) in [6.07, 6.45) is 5.36. The summed E-state index contributed by atoms with van der Waals surface area (Å²) in [5.74, 6) is 0.889. The van der Waals surface area contributed by atoms with Crippen molar-refractivity contribution >= 4 is 11.6 Å². The minimum absolute atomic E-state index is 0.0519. The number of hydrogen-bond donors (Lipinski definition) is 2. The number of aromatic nitrogens is 2. The van der Waals surface area contributed by atoms with Crippen molar-refractivity contribution < 1.29 is 4.79 Å². The molecule has 0 radical (unpaired) electrons. The molecule has 0 bridgehead atoms. The Morgan fingerprint density at radius 2 is 2.05 bits per heavy atom. The van der Waals surface area contributed by atoms with E-state index in [9.17, 15) is 4.79 Å². The number of carbonyl (C=O) groups excluding carboxylic acids is 1. The standard InChI is InChI=1S/C14H22N4O/c1-14(2,3)13-16-8-11(9-17-13)18-12(19)10-5-4-6-15-7-10/h8-10,15H,4-7H2,1-3H3,(H,18,19). The summed E-state index contributed by atoms with van der Waals surface area (Å²) in [6.45, 7) is 7.96. The molecule has 5 nitrogen and oxygen atoms in total. The summed E-state index contributed by atoms with van der Waals surface area (Å²) < 4.78 is 0. The van der Waals surface area contributed by atoms with Crippen LogP contribution in [-0.2, 0) is 10.2 Å². The number of carbonyl (C=O) groups is 1. The van der Waals surface area contributed by atoms with Crippen molar-refractivity contribution in [3.8, 4) is 0 Å². The fourth-order valence-corrected chi connectivity index (χ4v) is 2.10. The molecule has 1 aromatic heterocycles. The lowest BCUT2D eigenvalue weighted by molar-refractivity contribution is -0.120. The van der Waals surface area contributed by atoms with Gasteiger partial charge in [-0.05, 0) is 19.4 Å². The van der Waals surface area contributed by atoms with E-state index in [1.807, 2.05) is 0 Å². The average Bonchev–Trinajstić information content (AvgIpc) is 2.39. The first-order valence-electron chi connectivity index (χ1n) is 6.81. The van der Waals surface area contributed by atoms with E-state index in [1.54, 1.807) is 12.4 Å². The molecule has 1 saturated heterocycles. The molecule has 104 valence electrons. The van der Waals surface area contributed by atoms with Gasteiger partial charge in [0.2, 0.25) is 5.91 Å². The van der Waals surface area contributed by atoms with Crippen LogP contribution in [-0.4, -0.2) is 29.0 Å². The molecule has 1 amide bonds. The molecule has 19 heavy (non-hydrogen) atoms. The molecule has 1 aliphatic heterocycles. The van der Waals surface area contributed by atoms with Crippen LogP contribution in [0.2, 0.25) is 0 Å². The van der Waals surface area contributed by atoms with Crippen LogP contribution >= 0.6 is 0 Å². The molecule has 0 aliphatic carbocycles. The van der Waals surface area contributed by atoms with E-state index in [0.29, 0.717) is 5.69 Å². The van der Waals surface area contributed by atoms with Gasteiger partial charge >= 0.3 is 0 Å². The molecule has 2 rings (SSSR count). The first-order chi connectivity index (χ1) is 8.97. The third kappa shape index (κ3) is 3.73. The van der Waals surface area contributed by atoms with Crippen molar-refractivity contribution in [1.82, 2.24) is 15.3 Å². The van der Waals surface area contributed by atoms with Crippen molar-refractivity contribution in [2.45, 2.75) is 39.0 Å². The zero-order chi connectivity index (χ0) is 13.9. The second kappa shape index (κ2) is 5.65. The fraction of sp³-hybridized carbons (Fsp3) is 0.643. The SMILES string of the molecule is CC(C)(C)c1ncc(NC(=O)C2CCCNC2)cn1. The number of amides is 1. The zero-order valence-electron chi connectivity index (χ0n) is 11.9. The van der Waals surface area contributed by atoms with E-state index in [-0.39, 0.29) is 17.2 Å². The molecule has 5 heteroatoms. The van der Waals surface area contributed by atoms with Crippen LogP contribution in [0, 0.1) is 5.92 Å². The molecule has 1 aromatic rings. The second-order valence-corrected chi connectivity index (χ2v) is 6.08. The van der Waals surface area contributed by atoms with E-state index < -0.39 is 0 Å². The van der Waals surface area contributed by atoms with Crippen molar-refractivity contribution in [2.75, 3.05) is 18.4 Å². The average molecular weight is 262 g/mol. The molecule has 0 spiro atoms. The van der Waals surface area contributed by atoms with Gasteiger partial charge in [0.25, 0.3) is 0 Å². The Hall–Kier alpha value is -1.49. The molecule has 1 atom stereocenters. The predicted molar refractivity (Wildman–Crippen MR) is 75.0 cm³/mol. The normalized spacial score (nSPS) is 20.1. The Labute approximate surface area is 114 Å². The maximum Gasteiger partial charge on any atom is 0.228 e. The van der Waals surface area contributed by atoms with Crippen molar-refractivity contribution in [3.05, 3.63) is 18.2 Å². The lowest BCUT2D eigenvalue weighted by atomic mass is 9.96. The van der Waals surface area contributed by atoms with Gasteiger partial charge in [-0.25, -0.2) is 9.97 Å². The van der Waals surface area contributed by atoms with Crippen LogP contribution in [0.4, 0.5) is 5.69 Å².